The Morgan fingerprint density at radius 1 is 0.478 bits per heavy atom. The number of thiophene rings is 6. The first kappa shape index (κ1) is 42.2. The van der Waals surface area contributed by atoms with Gasteiger partial charge in [0.05, 0.1) is 0 Å². The topological polar surface area (TPSA) is 0 Å². The molecule has 0 aliphatic rings. The van der Waals surface area contributed by atoms with E-state index < -0.39 is 0 Å². The lowest BCUT2D eigenvalue weighted by Gasteiger charge is -1.96. The molecule has 0 amide bonds. The Bertz CT molecular complexity index is 1230. The molecule has 46 heavy (non-hydrogen) atoms. The van der Waals surface area contributed by atoms with Crippen LogP contribution in [-0.4, -0.2) is 0 Å². The molecule has 6 aromatic heterocycles. The van der Waals surface area contributed by atoms with Gasteiger partial charge in [0.1, 0.15) is 0 Å². The third-order valence-electron chi connectivity index (χ3n) is 6.43. The van der Waals surface area contributed by atoms with Crippen molar-refractivity contribution < 1.29 is 0 Å². The van der Waals surface area contributed by atoms with Gasteiger partial charge in [0.15, 0.2) is 0 Å². The summed E-state index contributed by atoms with van der Waals surface area (Å²) in [7, 11) is 0. The minimum absolute atomic E-state index is 0.696. The molecule has 6 heterocycles. The molecular formula is C40H56S6. The number of hydrogen-bond donors (Lipinski definition) is 0. The Morgan fingerprint density at radius 3 is 1.33 bits per heavy atom. The summed E-state index contributed by atoms with van der Waals surface area (Å²) < 4.78 is 0. The molecule has 0 aliphatic heterocycles. The molecule has 6 heteroatoms. The second-order valence-electron chi connectivity index (χ2n) is 11.0. The van der Waals surface area contributed by atoms with E-state index in [2.05, 4.69) is 158 Å². The standard InChI is InChI=1S/4C7H10S.2C6H8S/c1-6(2)7-3-4-8-5-7;1-6(2)7-4-3-5-8-7;1-2-4-7-5-3-6-8-7;1-2-3-7-4-5-8-6-7;1-2-6-3-4-7-5-6;1-2-6-4-3-5-7-6/h2*3-6H,1-2H3;3,5-6H,2,4H2,1H3;4-6H,2-3H2,1H3;2*3-5H,2H2,1H3. The minimum Gasteiger partial charge on any atom is -0.152 e. The fourth-order valence-corrected chi connectivity index (χ4v) is 8.14. The van der Waals surface area contributed by atoms with Crippen molar-refractivity contribution in [2.75, 3.05) is 0 Å². The zero-order valence-corrected chi connectivity index (χ0v) is 34.1. The van der Waals surface area contributed by atoms with Crippen molar-refractivity contribution in [1.29, 1.82) is 0 Å². The molecule has 252 valence electrons. The highest BCUT2D eigenvalue weighted by molar-refractivity contribution is 7.10. The van der Waals surface area contributed by atoms with Crippen LogP contribution in [0, 0.1) is 0 Å². The van der Waals surface area contributed by atoms with Crippen molar-refractivity contribution in [3.8, 4) is 0 Å². The maximum atomic E-state index is 2.21. The van der Waals surface area contributed by atoms with Gasteiger partial charge in [-0.05, 0) is 139 Å². The first-order valence-electron chi connectivity index (χ1n) is 16.5. The first-order chi connectivity index (χ1) is 22.3. The van der Waals surface area contributed by atoms with Gasteiger partial charge < -0.3 is 0 Å². The summed E-state index contributed by atoms with van der Waals surface area (Å²) in [5, 5.41) is 19.3. The van der Waals surface area contributed by atoms with E-state index in [0.717, 1.165) is 0 Å². The molecule has 6 rings (SSSR count). The van der Waals surface area contributed by atoms with E-state index in [1.165, 1.54) is 69.8 Å². The lowest BCUT2D eigenvalue weighted by Crippen LogP contribution is -1.79. The Kier molecular flexibility index (Phi) is 25.9. The van der Waals surface area contributed by atoms with Crippen LogP contribution in [-0.2, 0) is 25.7 Å². The van der Waals surface area contributed by atoms with Gasteiger partial charge in [-0.25, -0.2) is 0 Å². The second kappa shape index (κ2) is 28.2. The van der Waals surface area contributed by atoms with Gasteiger partial charge in [-0.3, -0.25) is 0 Å². The fourth-order valence-electron chi connectivity index (χ4n) is 3.66. The van der Waals surface area contributed by atoms with E-state index in [0.29, 0.717) is 11.8 Å². The van der Waals surface area contributed by atoms with Gasteiger partial charge >= 0.3 is 0 Å². The van der Waals surface area contributed by atoms with Crippen LogP contribution in [0.5, 0.6) is 0 Å². The number of aryl methyl sites for hydroxylation is 4. The van der Waals surface area contributed by atoms with E-state index in [1.54, 1.807) is 34.0 Å². The molecule has 0 spiro atoms. The van der Waals surface area contributed by atoms with E-state index in [-0.39, 0.29) is 0 Å². The van der Waals surface area contributed by atoms with Crippen molar-refractivity contribution >= 4 is 68.0 Å². The van der Waals surface area contributed by atoms with Crippen LogP contribution < -0.4 is 0 Å². The average molecular weight is 729 g/mol. The molecule has 0 saturated heterocycles. The third-order valence-corrected chi connectivity index (χ3v) is 11.7. The maximum absolute atomic E-state index is 2.21. The molecule has 6 aromatic rings. The van der Waals surface area contributed by atoms with Crippen molar-refractivity contribution in [2.24, 2.45) is 0 Å². The zero-order chi connectivity index (χ0) is 33.8. The van der Waals surface area contributed by atoms with Crippen molar-refractivity contribution in [2.45, 2.75) is 106 Å². The van der Waals surface area contributed by atoms with Crippen molar-refractivity contribution in [3.05, 3.63) is 134 Å². The lowest BCUT2D eigenvalue weighted by atomic mass is 10.1. The predicted molar refractivity (Wildman–Crippen MR) is 221 cm³/mol. The van der Waals surface area contributed by atoms with E-state index in [1.807, 2.05) is 34.0 Å². The van der Waals surface area contributed by atoms with E-state index >= 15 is 0 Å². The molecule has 0 atom stereocenters. The van der Waals surface area contributed by atoms with Crippen LogP contribution >= 0.6 is 68.0 Å². The summed E-state index contributed by atoms with van der Waals surface area (Å²) in [6, 6.07) is 19.3. The van der Waals surface area contributed by atoms with Gasteiger partial charge in [-0.2, -0.15) is 34.0 Å². The van der Waals surface area contributed by atoms with Gasteiger partial charge in [0, 0.05) is 14.6 Å². The van der Waals surface area contributed by atoms with Crippen LogP contribution in [0.4, 0.5) is 0 Å². The smallest absolute Gasteiger partial charge is 0.00706 e. The second-order valence-corrected chi connectivity index (χ2v) is 16.4. The molecule has 0 N–H and O–H groups in total. The Morgan fingerprint density at radius 2 is 1.02 bits per heavy atom. The number of rotatable bonds is 8. The first-order valence-corrected chi connectivity index (χ1v) is 21.9. The van der Waals surface area contributed by atoms with Gasteiger partial charge in [-0.15, -0.1) is 34.0 Å². The van der Waals surface area contributed by atoms with Gasteiger partial charge in [0.25, 0.3) is 0 Å². The Balaban J connectivity index is 0.000000276. The quantitative estimate of drug-likeness (QED) is 0.146. The molecular weight excluding hydrogens is 673 g/mol. The average Bonchev–Trinajstić information content (AvgIpc) is 3.90. The van der Waals surface area contributed by atoms with Gasteiger partial charge in [-0.1, -0.05) is 86.4 Å². The summed E-state index contributed by atoms with van der Waals surface area (Å²) >= 11 is 10.8. The lowest BCUT2D eigenvalue weighted by molar-refractivity contribution is 0.872. The van der Waals surface area contributed by atoms with Gasteiger partial charge in [0.2, 0.25) is 0 Å². The van der Waals surface area contributed by atoms with E-state index in [4.69, 9.17) is 0 Å². The van der Waals surface area contributed by atoms with Crippen LogP contribution in [0.15, 0.2) is 103 Å². The maximum Gasteiger partial charge on any atom is 0.00706 e. The highest BCUT2D eigenvalue weighted by atomic mass is 32.1. The summed E-state index contributed by atoms with van der Waals surface area (Å²) in [4.78, 5) is 4.46. The Hall–Kier alpha value is -1.80. The predicted octanol–water partition coefficient (Wildman–Crippen LogP) is 15.8. The number of hydrogen-bond acceptors (Lipinski definition) is 6. The SMILES string of the molecule is CC(C)c1cccs1.CC(C)c1ccsc1.CCCc1cccs1.CCCc1ccsc1.CCc1cccs1.CCc1ccsc1. The molecule has 0 bridgehead atoms. The van der Waals surface area contributed by atoms with Crippen LogP contribution in [0.3, 0.4) is 0 Å². The summed E-state index contributed by atoms with van der Waals surface area (Å²) in [6.45, 7) is 17.6. The van der Waals surface area contributed by atoms with Crippen molar-refractivity contribution in [1.82, 2.24) is 0 Å². The van der Waals surface area contributed by atoms with Crippen LogP contribution in [0.1, 0.15) is 111 Å². The summed E-state index contributed by atoms with van der Waals surface area (Å²) in [6.07, 6.45) is 7.36. The zero-order valence-electron chi connectivity index (χ0n) is 29.2. The van der Waals surface area contributed by atoms with Crippen molar-refractivity contribution in [3.63, 3.8) is 0 Å². The largest absolute Gasteiger partial charge is 0.152 e. The Labute approximate surface area is 305 Å². The minimum atomic E-state index is 0.696. The highest BCUT2D eigenvalue weighted by Crippen LogP contribution is 2.19. The van der Waals surface area contributed by atoms with Crippen LogP contribution in [0.2, 0.25) is 0 Å². The molecule has 0 nitrogen and oxygen atoms in total. The normalized spacial score (nSPS) is 9.78. The molecule has 0 fully saturated rings. The monoisotopic (exact) mass is 728 g/mol. The molecule has 0 radical (unpaired) electrons. The molecule has 0 aromatic carbocycles. The fraction of sp³-hybridized carbons (Fsp3) is 0.400. The third kappa shape index (κ3) is 21.1. The van der Waals surface area contributed by atoms with E-state index in [9.17, 15) is 0 Å². The highest BCUT2D eigenvalue weighted by Gasteiger charge is 1.96. The molecule has 0 aliphatic carbocycles. The molecule has 0 unspecified atom stereocenters. The van der Waals surface area contributed by atoms with Crippen LogP contribution in [0.25, 0.3) is 0 Å². The molecule has 0 saturated carbocycles. The summed E-state index contributed by atoms with van der Waals surface area (Å²) in [5.74, 6) is 1.40. The summed E-state index contributed by atoms with van der Waals surface area (Å²) in [5.41, 5.74) is 4.39.